The first-order valence-corrected chi connectivity index (χ1v) is 8.03. The second-order valence-electron chi connectivity index (χ2n) is 6.09. The van der Waals surface area contributed by atoms with Crippen LogP contribution in [0, 0.1) is 5.82 Å². The number of nitrogens with zero attached hydrogens (tertiary/aromatic N) is 2. The summed E-state index contributed by atoms with van der Waals surface area (Å²) in [6.07, 6.45) is 3.41. The van der Waals surface area contributed by atoms with E-state index in [4.69, 9.17) is 0 Å². The van der Waals surface area contributed by atoms with E-state index in [1.54, 1.807) is 6.07 Å². The van der Waals surface area contributed by atoms with Crippen molar-refractivity contribution in [3.8, 4) is 0 Å². The van der Waals surface area contributed by atoms with E-state index in [2.05, 4.69) is 29.1 Å². The Morgan fingerprint density at radius 2 is 2.24 bits per heavy atom. The predicted octanol–water partition coefficient (Wildman–Crippen LogP) is 2.86. The molecular weight excluding hydrogens is 265 g/mol. The summed E-state index contributed by atoms with van der Waals surface area (Å²) in [4.78, 5) is 4.48. The van der Waals surface area contributed by atoms with Crippen molar-refractivity contribution >= 4 is 5.69 Å². The Bertz CT molecular complexity index is 450. The molecule has 4 heteroatoms. The van der Waals surface area contributed by atoms with E-state index in [1.165, 1.54) is 6.42 Å². The Kier molecular flexibility index (Phi) is 6.00. The molecule has 2 rings (SSSR count). The molecule has 0 bridgehead atoms. The fourth-order valence-corrected chi connectivity index (χ4v) is 3.14. The maximum atomic E-state index is 14.4. The number of halogens is 1. The van der Waals surface area contributed by atoms with Crippen LogP contribution in [-0.4, -0.2) is 44.7 Å². The van der Waals surface area contributed by atoms with Gasteiger partial charge in [-0.2, -0.15) is 0 Å². The van der Waals surface area contributed by atoms with Gasteiger partial charge in [0.2, 0.25) is 0 Å². The quantitative estimate of drug-likeness (QED) is 0.814. The topological polar surface area (TPSA) is 18.5 Å². The highest BCUT2D eigenvalue weighted by Crippen LogP contribution is 2.27. The SMILES string of the molecule is CCCNCc1cccc(F)c1N(C)C1CCCN(C)C1. The molecule has 0 spiro atoms. The van der Waals surface area contributed by atoms with Crippen LogP contribution in [0.4, 0.5) is 10.1 Å². The first-order valence-electron chi connectivity index (χ1n) is 8.03. The number of likely N-dealkylation sites (N-methyl/N-ethyl adjacent to an activating group) is 2. The summed E-state index contributed by atoms with van der Waals surface area (Å²) in [5, 5.41) is 3.38. The molecule has 1 aliphatic rings. The summed E-state index contributed by atoms with van der Waals surface area (Å²) in [6.45, 7) is 5.99. The molecule has 1 heterocycles. The molecule has 0 amide bonds. The van der Waals surface area contributed by atoms with Crippen molar-refractivity contribution in [2.45, 2.75) is 38.8 Å². The molecule has 0 aromatic heterocycles. The fraction of sp³-hybridized carbons (Fsp3) is 0.647. The van der Waals surface area contributed by atoms with E-state index < -0.39 is 0 Å². The summed E-state index contributed by atoms with van der Waals surface area (Å²) >= 11 is 0. The molecular formula is C17H28FN3. The number of anilines is 1. The first kappa shape index (κ1) is 16.2. The molecule has 1 fully saturated rings. The lowest BCUT2D eigenvalue weighted by Crippen LogP contribution is -2.45. The Balaban J connectivity index is 2.16. The van der Waals surface area contributed by atoms with Gasteiger partial charge in [-0.15, -0.1) is 0 Å². The van der Waals surface area contributed by atoms with Crippen LogP contribution in [0.3, 0.4) is 0 Å². The van der Waals surface area contributed by atoms with Crippen molar-refractivity contribution in [1.29, 1.82) is 0 Å². The van der Waals surface area contributed by atoms with E-state index in [0.717, 1.165) is 50.3 Å². The van der Waals surface area contributed by atoms with E-state index in [1.807, 2.05) is 19.2 Å². The number of piperidine rings is 1. The Hall–Kier alpha value is -1.13. The number of nitrogens with one attached hydrogen (secondary N) is 1. The van der Waals surface area contributed by atoms with Crippen LogP contribution in [0.25, 0.3) is 0 Å². The van der Waals surface area contributed by atoms with Gasteiger partial charge in [0.15, 0.2) is 0 Å². The van der Waals surface area contributed by atoms with Gasteiger partial charge < -0.3 is 15.1 Å². The van der Waals surface area contributed by atoms with Crippen LogP contribution in [0.1, 0.15) is 31.7 Å². The fourth-order valence-electron chi connectivity index (χ4n) is 3.14. The normalized spacial score (nSPS) is 19.7. The third-order valence-corrected chi connectivity index (χ3v) is 4.31. The van der Waals surface area contributed by atoms with Crippen LogP contribution in [0.15, 0.2) is 18.2 Å². The zero-order chi connectivity index (χ0) is 15.2. The average Bonchev–Trinajstić information content (AvgIpc) is 2.47. The molecule has 0 aliphatic carbocycles. The van der Waals surface area contributed by atoms with Crippen molar-refractivity contribution in [3.63, 3.8) is 0 Å². The van der Waals surface area contributed by atoms with E-state index >= 15 is 0 Å². The second kappa shape index (κ2) is 7.76. The first-order chi connectivity index (χ1) is 10.1. The summed E-state index contributed by atoms with van der Waals surface area (Å²) in [5.74, 6) is -0.110. The van der Waals surface area contributed by atoms with Crippen LogP contribution in [0.5, 0.6) is 0 Å². The molecule has 3 nitrogen and oxygen atoms in total. The third-order valence-electron chi connectivity index (χ3n) is 4.31. The average molecular weight is 293 g/mol. The van der Waals surface area contributed by atoms with E-state index in [0.29, 0.717) is 6.04 Å². The largest absolute Gasteiger partial charge is 0.368 e. The molecule has 0 radical (unpaired) electrons. The lowest BCUT2D eigenvalue weighted by atomic mass is 10.0. The third kappa shape index (κ3) is 4.17. The smallest absolute Gasteiger partial charge is 0.146 e. The maximum absolute atomic E-state index is 14.4. The number of para-hydroxylation sites is 1. The minimum absolute atomic E-state index is 0.110. The number of rotatable bonds is 6. The minimum atomic E-state index is -0.110. The molecule has 0 saturated carbocycles. The second-order valence-corrected chi connectivity index (χ2v) is 6.09. The van der Waals surface area contributed by atoms with Gasteiger partial charge in [0.05, 0.1) is 5.69 Å². The highest BCUT2D eigenvalue weighted by Gasteiger charge is 2.24. The van der Waals surface area contributed by atoms with Gasteiger partial charge >= 0.3 is 0 Å². The summed E-state index contributed by atoms with van der Waals surface area (Å²) in [7, 11) is 4.18. The summed E-state index contributed by atoms with van der Waals surface area (Å²) < 4.78 is 14.4. The highest BCUT2D eigenvalue weighted by atomic mass is 19.1. The molecule has 1 saturated heterocycles. The molecule has 118 valence electrons. The van der Waals surface area contributed by atoms with Gasteiger partial charge in [0.25, 0.3) is 0 Å². The van der Waals surface area contributed by atoms with E-state index in [-0.39, 0.29) is 5.82 Å². The van der Waals surface area contributed by atoms with Crippen LogP contribution in [-0.2, 0) is 6.54 Å². The highest BCUT2D eigenvalue weighted by molar-refractivity contribution is 5.55. The zero-order valence-corrected chi connectivity index (χ0v) is 13.5. The van der Waals surface area contributed by atoms with Crippen LogP contribution >= 0.6 is 0 Å². The summed E-state index contributed by atoms with van der Waals surface area (Å²) in [5.41, 5.74) is 1.82. The van der Waals surface area contributed by atoms with Crippen molar-refractivity contribution in [2.24, 2.45) is 0 Å². The van der Waals surface area contributed by atoms with Gasteiger partial charge in [-0.1, -0.05) is 19.1 Å². The van der Waals surface area contributed by atoms with Crippen molar-refractivity contribution in [3.05, 3.63) is 29.6 Å². The lowest BCUT2D eigenvalue weighted by Gasteiger charge is -2.38. The zero-order valence-electron chi connectivity index (χ0n) is 13.5. The summed E-state index contributed by atoms with van der Waals surface area (Å²) in [6, 6.07) is 5.81. The minimum Gasteiger partial charge on any atom is -0.368 e. The molecule has 1 unspecified atom stereocenters. The van der Waals surface area contributed by atoms with Crippen LogP contribution < -0.4 is 10.2 Å². The molecule has 21 heavy (non-hydrogen) atoms. The number of hydrogen-bond acceptors (Lipinski definition) is 3. The Labute approximate surface area is 128 Å². The number of likely N-dealkylation sites (tertiary alicyclic amines) is 1. The lowest BCUT2D eigenvalue weighted by molar-refractivity contribution is 0.247. The van der Waals surface area contributed by atoms with Gasteiger partial charge in [0, 0.05) is 26.2 Å². The van der Waals surface area contributed by atoms with Gasteiger partial charge in [-0.25, -0.2) is 4.39 Å². The molecule has 1 N–H and O–H groups in total. The Morgan fingerprint density at radius 1 is 1.43 bits per heavy atom. The van der Waals surface area contributed by atoms with Crippen molar-refractivity contribution in [1.82, 2.24) is 10.2 Å². The maximum Gasteiger partial charge on any atom is 0.146 e. The molecule has 1 aromatic rings. The Morgan fingerprint density at radius 3 is 2.95 bits per heavy atom. The monoisotopic (exact) mass is 293 g/mol. The van der Waals surface area contributed by atoms with Crippen molar-refractivity contribution in [2.75, 3.05) is 38.6 Å². The van der Waals surface area contributed by atoms with Crippen LogP contribution in [0.2, 0.25) is 0 Å². The van der Waals surface area contributed by atoms with E-state index in [9.17, 15) is 4.39 Å². The number of hydrogen-bond donors (Lipinski definition) is 1. The van der Waals surface area contributed by atoms with Crippen molar-refractivity contribution < 1.29 is 4.39 Å². The van der Waals surface area contributed by atoms with Gasteiger partial charge in [-0.05, 0) is 51.0 Å². The molecule has 1 aromatic carbocycles. The standard InChI is InChI=1S/C17H28FN3/c1-4-10-19-12-14-7-5-9-16(18)17(14)21(3)15-8-6-11-20(2)13-15/h5,7,9,15,19H,4,6,8,10-13H2,1-3H3. The molecule has 1 aliphatic heterocycles. The predicted molar refractivity (Wildman–Crippen MR) is 87.3 cm³/mol. The van der Waals surface area contributed by atoms with Gasteiger partial charge in [-0.3, -0.25) is 0 Å². The van der Waals surface area contributed by atoms with Gasteiger partial charge in [0.1, 0.15) is 5.82 Å². The number of benzene rings is 1. The molecule has 1 atom stereocenters.